The molecule has 0 aliphatic heterocycles. The van der Waals surface area contributed by atoms with E-state index in [1.165, 1.54) is 4.90 Å². The monoisotopic (exact) mass is 330 g/mol. The van der Waals surface area contributed by atoms with Crippen LogP contribution in [-0.2, 0) is 4.79 Å². The van der Waals surface area contributed by atoms with Crippen molar-refractivity contribution in [2.24, 2.45) is 0 Å². The number of anilines is 1. The first-order valence-electron chi connectivity index (χ1n) is 6.49. The van der Waals surface area contributed by atoms with Crippen LogP contribution in [0.15, 0.2) is 24.3 Å². The zero-order valence-electron chi connectivity index (χ0n) is 12.0. The van der Waals surface area contributed by atoms with E-state index in [0.717, 1.165) is 6.42 Å². The van der Waals surface area contributed by atoms with E-state index in [2.05, 4.69) is 12.2 Å². The third-order valence-electron chi connectivity index (χ3n) is 2.91. The largest absolute Gasteiger partial charge is 0.480 e. The molecule has 1 aromatic rings. The number of urea groups is 1. The molecule has 0 heterocycles. The van der Waals surface area contributed by atoms with Gasteiger partial charge in [-0.25, -0.2) is 4.79 Å². The van der Waals surface area contributed by atoms with Crippen molar-refractivity contribution in [1.82, 2.24) is 5.32 Å². The van der Waals surface area contributed by atoms with Gasteiger partial charge in [0.15, 0.2) is 0 Å². The Labute approximate surface area is 133 Å². The number of hydrogen-bond acceptors (Lipinski definition) is 3. The summed E-state index contributed by atoms with van der Waals surface area (Å²) < 4.78 is 0. The van der Waals surface area contributed by atoms with Crippen LogP contribution in [0.3, 0.4) is 0 Å². The van der Waals surface area contributed by atoms with E-state index >= 15 is 0 Å². The number of benzene rings is 1. The fourth-order valence-electron chi connectivity index (χ4n) is 1.63. The number of halogens is 1. The number of nitrogens with one attached hydrogen (secondary N) is 1. The van der Waals surface area contributed by atoms with Gasteiger partial charge in [-0.15, -0.1) is 0 Å². The molecule has 2 amide bonds. The number of carboxylic acid groups (broad SMARTS) is 1. The molecule has 116 valence electrons. The fraction of sp³-hybridized carbons (Fsp3) is 0.429. The summed E-state index contributed by atoms with van der Waals surface area (Å²) in [4.78, 5) is 24.3. The summed E-state index contributed by atoms with van der Waals surface area (Å²) in [6.45, 7) is 2.18. The number of thioether (sulfide) groups is 1. The summed E-state index contributed by atoms with van der Waals surface area (Å²) in [6.07, 6.45) is 2.84. The Kier molecular flexibility index (Phi) is 7.39. The van der Waals surface area contributed by atoms with Crippen LogP contribution in [-0.4, -0.2) is 41.7 Å². The van der Waals surface area contributed by atoms with Crippen molar-refractivity contribution in [3.63, 3.8) is 0 Å². The topological polar surface area (TPSA) is 69.6 Å². The van der Waals surface area contributed by atoms with Crippen molar-refractivity contribution in [1.29, 1.82) is 0 Å². The SMILES string of the molecule is CSC(C)CCNC(=O)N(CC(=O)O)c1ccc(Cl)cc1. The van der Waals surface area contributed by atoms with Crippen LogP contribution in [0.5, 0.6) is 0 Å². The van der Waals surface area contributed by atoms with Gasteiger partial charge in [-0.2, -0.15) is 11.8 Å². The Morgan fingerprint density at radius 3 is 2.52 bits per heavy atom. The molecule has 0 bridgehead atoms. The number of carbonyl (C=O) groups excluding carboxylic acids is 1. The van der Waals surface area contributed by atoms with Crippen LogP contribution in [0.4, 0.5) is 10.5 Å². The molecular formula is C14H19ClN2O3S. The third kappa shape index (κ3) is 6.27. The van der Waals surface area contributed by atoms with Crippen molar-refractivity contribution in [2.75, 3.05) is 24.2 Å². The van der Waals surface area contributed by atoms with Gasteiger partial charge in [0.05, 0.1) is 0 Å². The van der Waals surface area contributed by atoms with Gasteiger partial charge in [0.25, 0.3) is 0 Å². The van der Waals surface area contributed by atoms with Crippen LogP contribution < -0.4 is 10.2 Å². The quantitative estimate of drug-likeness (QED) is 0.806. The average molecular weight is 331 g/mol. The maximum atomic E-state index is 12.1. The van der Waals surface area contributed by atoms with Gasteiger partial charge >= 0.3 is 12.0 Å². The molecule has 0 spiro atoms. The van der Waals surface area contributed by atoms with E-state index in [9.17, 15) is 9.59 Å². The maximum absolute atomic E-state index is 12.1. The Balaban J connectivity index is 2.70. The number of hydrogen-bond donors (Lipinski definition) is 2. The van der Waals surface area contributed by atoms with Crippen LogP contribution in [0, 0.1) is 0 Å². The smallest absolute Gasteiger partial charge is 0.323 e. The fourth-order valence-corrected chi connectivity index (χ4v) is 2.11. The zero-order chi connectivity index (χ0) is 15.8. The van der Waals surface area contributed by atoms with Crippen molar-refractivity contribution in [3.8, 4) is 0 Å². The summed E-state index contributed by atoms with van der Waals surface area (Å²) in [5.41, 5.74) is 0.497. The summed E-state index contributed by atoms with van der Waals surface area (Å²) in [6, 6.07) is 6.06. The van der Waals surface area contributed by atoms with Gasteiger partial charge in [0, 0.05) is 22.5 Å². The van der Waals surface area contributed by atoms with Gasteiger partial charge < -0.3 is 10.4 Å². The molecule has 5 nitrogen and oxygen atoms in total. The first kappa shape index (κ1) is 17.7. The molecule has 0 radical (unpaired) electrons. The van der Waals surface area contributed by atoms with E-state index in [1.54, 1.807) is 36.0 Å². The van der Waals surface area contributed by atoms with E-state index < -0.39 is 18.5 Å². The lowest BCUT2D eigenvalue weighted by Crippen LogP contribution is -2.43. The molecule has 1 aromatic carbocycles. The molecule has 21 heavy (non-hydrogen) atoms. The summed E-state index contributed by atoms with van der Waals surface area (Å²) >= 11 is 7.52. The van der Waals surface area contributed by atoms with Crippen LogP contribution >= 0.6 is 23.4 Å². The number of carboxylic acids is 1. The van der Waals surface area contributed by atoms with Gasteiger partial charge in [0.1, 0.15) is 6.54 Å². The molecular weight excluding hydrogens is 312 g/mol. The molecule has 1 rings (SSSR count). The van der Waals surface area contributed by atoms with Crippen molar-refractivity contribution >= 4 is 41.1 Å². The van der Waals surface area contributed by atoms with Gasteiger partial charge in [-0.1, -0.05) is 18.5 Å². The average Bonchev–Trinajstić information content (AvgIpc) is 2.45. The minimum Gasteiger partial charge on any atom is -0.480 e. The van der Waals surface area contributed by atoms with Gasteiger partial charge in [0.2, 0.25) is 0 Å². The van der Waals surface area contributed by atoms with E-state index in [-0.39, 0.29) is 0 Å². The normalized spacial score (nSPS) is 11.8. The molecule has 0 fully saturated rings. The van der Waals surface area contributed by atoms with E-state index in [1.807, 2.05) is 6.26 Å². The standard InChI is InChI=1S/C14H19ClN2O3S/c1-10(21-2)7-8-16-14(20)17(9-13(18)19)12-5-3-11(15)4-6-12/h3-6,10H,7-9H2,1-2H3,(H,16,20)(H,18,19). The molecule has 2 N–H and O–H groups in total. The summed E-state index contributed by atoms with van der Waals surface area (Å²) in [5.74, 6) is -1.07. The number of rotatable bonds is 7. The van der Waals surface area contributed by atoms with Crippen molar-refractivity contribution in [2.45, 2.75) is 18.6 Å². The lowest BCUT2D eigenvalue weighted by molar-refractivity contribution is -0.135. The summed E-state index contributed by atoms with van der Waals surface area (Å²) in [7, 11) is 0. The highest BCUT2D eigenvalue weighted by molar-refractivity contribution is 7.99. The second-order valence-electron chi connectivity index (χ2n) is 4.52. The first-order chi connectivity index (χ1) is 9.93. The highest BCUT2D eigenvalue weighted by Gasteiger charge is 2.18. The predicted octanol–water partition coefficient (Wildman–Crippen LogP) is 3.08. The number of aliphatic carboxylic acids is 1. The molecule has 0 aliphatic rings. The molecule has 0 aliphatic carbocycles. The van der Waals surface area contributed by atoms with Crippen LogP contribution in [0.25, 0.3) is 0 Å². The molecule has 0 saturated heterocycles. The predicted molar refractivity (Wildman–Crippen MR) is 87.4 cm³/mol. The number of nitrogens with zero attached hydrogens (tertiary/aromatic N) is 1. The summed E-state index contributed by atoms with van der Waals surface area (Å²) in [5, 5.41) is 12.7. The lowest BCUT2D eigenvalue weighted by Gasteiger charge is -2.21. The second-order valence-corrected chi connectivity index (χ2v) is 6.24. The van der Waals surface area contributed by atoms with Gasteiger partial charge in [-0.05, 0) is 36.9 Å². The highest BCUT2D eigenvalue weighted by atomic mass is 35.5. The minimum absolute atomic E-state index is 0.397. The minimum atomic E-state index is -1.07. The second kappa shape index (κ2) is 8.79. The Bertz CT molecular complexity index is 482. The lowest BCUT2D eigenvalue weighted by atomic mass is 10.3. The maximum Gasteiger partial charge on any atom is 0.323 e. The molecule has 1 unspecified atom stereocenters. The number of amides is 2. The third-order valence-corrected chi connectivity index (χ3v) is 4.20. The molecule has 1 atom stereocenters. The van der Waals surface area contributed by atoms with E-state index in [0.29, 0.717) is 22.5 Å². The zero-order valence-corrected chi connectivity index (χ0v) is 13.6. The van der Waals surface area contributed by atoms with Crippen LogP contribution in [0.1, 0.15) is 13.3 Å². The Morgan fingerprint density at radius 2 is 2.00 bits per heavy atom. The number of carbonyl (C=O) groups is 2. The molecule has 0 saturated carbocycles. The Morgan fingerprint density at radius 1 is 1.38 bits per heavy atom. The molecule has 0 aromatic heterocycles. The first-order valence-corrected chi connectivity index (χ1v) is 8.16. The van der Waals surface area contributed by atoms with Crippen molar-refractivity contribution in [3.05, 3.63) is 29.3 Å². The van der Waals surface area contributed by atoms with E-state index in [4.69, 9.17) is 16.7 Å². The van der Waals surface area contributed by atoms with Crippen LogP contribution in [0.2, 0.25) is 5.02 Å². The van der Waals surface area contributed by atoms with Gasteiger partial charge in [-0.3, -0.25) is 9.69 Å². The highest BCUT2D eigenvalue weighted by Crippen LogP contribution is 2.18. The molecule has 7 heteroatoms. The van der Waals surface area contributed by atoms with Crippen molar-refractivity contribution < 1.29 is 14.7 Å². The Hall–Kier alpha value is -1.40.